The molecule has 0 aliphatic carbocycles. The fraction of sp³-hybridized carbons (Fsp3) is 0. The van der Waals surface area contributed by atoms with E-state index < -0.39 is 0 Å². The number of nitrogen functional groups attached to an aromatic ring is 1. The number of hydrogen-bond acceptors (Lipinski definition) is 6. The number of nitrogens with two attached hydrogens (primary N) is 1. The van der Waals surface area contributed by atoms with E-state index in [2.05, 4.69) is 107 Å². The van der Waals surface area contributed by atoms with Crippen LogP contribution in [0.2, 0.25) is 0 Å². The predicted octanol–water partition coefficient (Wildman–Crippen LogP) is 12.6. The molecular weight excluding hydrogens is 749 g/mol. The largest absolute Gasteiger partial charge is 0.399 e. The number of nitrogens with one attached hydrogen (secondary N) is 2. The van der Waals surface area contributed by atoms with Gasteiger partial charge in [0.25, 0.3) is 0 Å². The van der Waals surface area contributed by atoms with E-state index in [9.17, 15) is 0 Å². The van der Waals surface area contributed by atoms with Gasteiger partial charge in [-0.3, -0.25) is 15.0 Å². The Morgan fingerprint density at radius 1 is 0.344 bits per heavy atom. The van der Waals surface area contributed by atoms with Gasteiger partial charge in [0.1, 0.15) is 0 Å². The highest BCUT2D eigenvalue weighted by atomic mass is 14.8. The number of fused-ring (bicyclic) bond motifs is 11. The molecule has 2 aliphatic rings. The van der Waals surface area contributed by atoms with Gasteiger partial charge in [-0.1, -0.05) is 66.7 Å². The van der Waals surface area contributed by atoms with Gasteiger partial charge in [0.15, 0.2) is 0 Å². The van der Waals surface area contributed by atoms with Gasteiger partial charge >= 0.3 is 0 Å². The van der Waals surface area contributed by atoms with Crippen molar-refractivity contribution in [2.24, 2.45) is 0 Å². The lowest BCUT2D eigenvalue weighted by atomic mass is 10.0. The molecule has 8 nitrogen and oxygen atoms in total. The zero-order valence-corrected chi connectivity index (χ0v) is 32.6. The van der Waals surface area contributed by atoms with Crippen molar-refractivity contribution in [3.05, 3.63) is 181 Å². The van der Waals surface area contributed by atoms with E-state index in [0.717, 1.165) is 122 Å². The summed E-state index contributed by atoms with van der Waals surface area (Å²) in [6, 6.07) is 47.6. The molecule has 8 heteroatoms. The second kappa shape index (κ2) is 13.8. The standard InChI is InChI=1S/C53H34N8/c54-38-15-13-31(14-16-38)50-42-17-19-44(58-42)51(35-25-32-7-1-4-10-39(32)55-28-35)46-21-23-48(60-46)53(37-27-34-9-3-6-12-41(34)57-30-37)49-24-22-47(61-49)52(45-20-18-43(50)59-45)36-26-33-8-2-5-11-40(33)56-29-36/h1-30,58,61H,54H2. The molecule has 61 heavy (non-hydrogen) atoms. The van der Waals surface area contributed by atoms with Crippen LogP contribution in [0.1, 0.15) is 22.8 Å². The smallest absolute Gasteiger partial charge is 0.0737 e. The molecule has 0 fully saturated rings. The Kier molecular flexibility index (Phi) is 7.83. The van der Waals surface area contributed by atoms with Crippen LogP contribution in [0.3, 0.4) is 0 Å². The number of hydrogen-bond donors (Lipinski definition) is 3. The maximum atomic E-state index is 6.23. The van der Waals surface area contributed by atoms with Gasteiger partial charge in [-0.2, -0.15) is 0 Å². The van der Waals surface area contributed by atoms with Gasteiger partial charge < -0.3 is 15.7 Å². The Labute approximate surface area is 349 Å². The van der Waals surface area contributed by atoms with E-state index in [1.165, 1.54) is 0 Å². The maximum absolute atomic E-state index is 6.23. The Hall–Kier alpha value is -8.49. The van der Waals surface area contributed by atoms with Crippen LogP contribution in [-0.4, -0.2) is 34.9 Å². The number of aromatic amines is 2. The van der Waals surface area contributed by atoms with E-state index in [-0.39, 0.29) is 0 Å². The lowest BCUT2D eigenvalue weighted by molar-refractivity contribution is 1.30. The topological polar surface area (TPSA) is 122 Å². The van der Waals surface area contributed by atoms with Crippen molar-refractivity contribution < 1.29 is 0 Å². The molecule has 0 saturated heterocycles. The highest BCUT2D eigenvalue weighted by Crippen LogP contribution is 2.39. The Morgan fingerprint density at radius 2 is 0.672 bits per heavy atom. The van der Waals surface area contributed by atoms with Gasteiger partial charge in [0.05, 0.1) is 39.3 Å². The van der Waals surface area contributed by atoms with E-state index >= 15 is 0 Å². The van der Waals surface area contributed by atoms with Crippen molar-refractivity contribution in [3.8, 4) is 44.5 Å². The number of benzene rings is 4. The van der Waals surface area contributed by atoms with Crippen LogP contribution in [-0.2, 0) is 0 Å². The zero-order chi connectivity index (χ0) is 40.4. The molecule has 0 amide bonds. The molecule has 4 N–H and O–H groups in total. The monoisotopic (exact) mass is 782 g/mol. The molecule has 0 saturated carbocycles. The maximum Gasteiger partial charge on any atom is 0.0737 e. The summed E-state index contributed by atoms with van der Waals surface area (Å²) in [5.41, 5.74) is 24.1. The summed E-state index contributed by atoms with van der Waals surface area (Å²) >= 11 is 0. The highest BCUT2D eigenvalue weighted by molar-refractivity contribution is 6.01. The number of nitrogens with zero attached hydrogens (tertiary/aromatic N) is 5. The number of H-pyrrole nitrogens is 2. The molecule has 8 heterocycles. The van der Waals surface area contributed by atoms with Crippen LogP contribution >= 0.6 is 0 Å². The summed E-state index contributed by atoms with van der Waals surface area (Å²) in [4.78, 5) is 33.3. The summed E-state index contributed by atoms with van der Waals surface area (Å²) in [7, 11) is 0. The fourth-order valence-electron chi connectivity index (χ4n) is 8.69. The first kappa shape index (κ1) is 34.5. The van der Waals surface area contributed by atoms with Gasteiger partial charge in [-0.15, -0.1) is 0 Å². The van der Waals surface area contributed by atoms with Gasteiger partial charge in [-0.25, -0.2) is 9.97 Å². The molecule has 286 valence electrons. The van der Waals surface area contributed by atoms with Gasteiger partial charge in [0.2, 0.25) is 0 Å². The van der Waals surface area contributed by atoms with Crippen molar-refractivity contribution in [1.82, 2.24) is 34.9 Å². The molecule has 12 rings (SSSR count). The first-order chi connectivity index (χ1) is 30.1. The Balaban J connectivity index is 1.24. The van der Waals surface area contributed by atoms with E-state index in [1.54, 1.807) is 0 Å². The number of aromatic nitrogens is 7. The van der Waals surface area contributed by atoms with E-state index in [1.807, 2.05) is 85.3 Å². The molecule has 0 spiro atoms. The second-order valence-electron chi connectivity index (χ2n) is 15.4. The molecule has 0 unspecified atom stereocenters. The van der Waals surface area contributed by atoms with Crippen LogP contribution in [0.15, 0.2) is 158 Å². The van der Waals surface area contributed by atoms with Crippen LogP contribution in [0.5, 0.6) is 0 Å². The quantitative estimate of drug-likeness (QED) is 0.153. The van der Waals surface area contributed by atoms with Crippen molar-refractivity contribution in [2.45, 2.75) is 0 Å². The third-order valence-electron chi connectivity index (χ3n) is 11.6. The Bertz CT molecular complexity index is 3590. The van der Waals surface area contributed by atoms with Gasteiger partial charge in [-0.05, 0) is 103 Å². The lowest BCUT2D eigenvalue weighted by Crippen LogP contribution is -1.91. The number of para-hydroxylation sites is 3. The molecule has 4 aromatic carbocycles. The van der Waals surface area contributed by atoms with Gasteiger partial charge in [0, 0.05) is 101 Å². The van der Waals surface area contributed by atoms with Crippen molar-refractivity contribution in [2.75, 3.05) is 5.73 Å². The summed E-state index contributed by atoms with van der Waals surface area (Å²) in [5, 5.41) is 3.13. The molecule has 0 atom stereocenters. The molecular formula is C53H34N8. The number of pyridine rings is 3. The van der Waals surface area contributed by atoms with Crippen LogP contribution in [0.4, 0.5) is 5.69 Å². The average Bonchev–Trinajstić information content (AvgIpc) is 4.15. The molecule has 2 aliphatic heterocycles. The summed E-state index contributed by atoms with van der Waals surface area (Å²) in [5.74, 6) is 0. The Morgan fingerprint density at radius 3 is 1.03 bits per heavy atom. The minimum absolute atomic E-state index is 0.691. The first-order valence-electron chi connectivity index (χ1n) is 20.2. The van der Waals surface area contributed by atoms with E-state index in [0.29, 0.717) is 5.69 Å². The highest BCUT2D eigenvalue weighted by Gasteiger charge is 2.20. The molecule has 10 aromatic rings. The number of anilines is 1. The van der Waals surface area contributed by atoms with Crippen molar-refractivity contribution in [1.29, 1.82) is 0 Å². The second-order valence-corrected chi connectivity index (χ2v) is 15.4. The minimum Gasteiger partial charge on any atom is -0.399 e. The first-order valence-corrected chi connectivity index (χ1v) is 20.2. The number of rotatable bonds is 4. The summed E-state index contributed by atoms with van der Waals surface area (Å²) < 4.78 is 0. The molecule has 0 radical (unpaired) electrons. The summed E-state index contributed by atoms with van der Waals surface area (Å²) in [6.07, 6.45) is 14.2. The fourth-order valence-corrected chi connectivity index (χ4v) is 8.69. The predicted molar refractivity (Wildman–Crippen MR) is 251 cm³/mol. The van der Waals surface area contributed by atoms with Crippen molar-refractivity contribution in [3.63, 3.8) is 0 Å². The van der Waals surface area contributed by atoms with Crippen LogP contribution < -0.4 is 5.73 Å². The SMILES string of the molecule is Nc1ccc(-c2c3nc(c(-c4cnc5ccccc5c4)c4ccc([nH]4)c(-c4cnc5ccccc5c4)c4nc(c(-c5cnc6ccccc6c5)c5ccc2[nH]5)C=C4)C=C3)cc1. The molecule has 8 bridgehead atoms. The van der Waals surface area contributed by atoms with Crippen LogP contribution in [0, 0.1) is 0 Å². The minimum atomic E-state index is 0.691. The average molecular weight is 783 g/mol. The van der Waals surface area contributed by atoms with Crippen molar-refractivity contribution >= 4 is 84.8 Å². The lowest BCUT2D eigenvalue weighted by Gasteiger charge is -2.08. The van der Waals surface area contributed by atoms with E-state index in [4.69, 9.17) is 30.7 Å². The summed E-state index contributed by atoms with van der Waals surface area (Å²) in [6.45, 7) is 0. The third kappa shape index (κ3) is 5.96. The van der Waals surface area contributed by atoms with Crippen LogP contribution in [0.25, 0.3) is 124 Å². The molecule has 6 aromatic heterocycles. The zero-order valence-electron chi connectivity index (χ0n) is 32.6. The third-order valence-corrected chi connectivity index (χ3v) is 11.6. The normalized spacial score (nSPS) is 12.2.